The normalized spacial score (nSPS) is 10.3. The molecule has 3 nitrogen and oxygen atoms in total. The minimum atomic E-state index is -0.743. The largest absolute Gasteiger partial charge is 0.465 e. The highest BCUT2D eigenvalue weighted by Gasteiger charge is 2.12. The first-order valence-electron chi connectivity index (χ1n) is 6.07. The molecule has 0 unspecified atom stereocenters. The highest BCUT2D eigenvalue weighted by atomic mass is 35.5. The van der Waals surface area contributed by atoms with Gasteiger partial charge in [0.15, 0.2) is 0 Å². The SMILES string of the molecule is COC(=O)c1ccc(CNc2cc(Cl)ccc2F)cc1F. The third-order valence-electron chi connectivity index (χ3n) is 2.85. The average molecular weight is 312 g/mol. The lowest BCUT2D eigenvalue weighted by Crippen LogP contribution is -2.06. The topological polar surface area (TPSA) is 38.3 Å². The van der Waals surface area contributed by atoms with Crippen LogP contribution in [0.3, 0.4) is 0 Å². The Labute approximate surface area is 125 Å². The van der Waals surface area contributed by atoms with E-state index >= 15 is 0 Å². The second-order valence-electron chi connectivity index (χ2n) is 4.28. The average Bonchev–Trinajstić information content (AvgIpc) is 2.47. The Morgan fingerprint density at radius 2 is 1.95 bits per heavy atom. The van der Waals surface area contributed by atoms with E-state index < -0.39 is 17.6 Å². The van der Waals surface area contributed by atoms with Gasteiger partial charge in [0.05, 0.1) is 18.4 Å². The molecule has 2 aromatic rings. The Morgan fingerprint density at radius 1 is 1.19 bits per heavy atom. The maximum Gasteiger partial charge on any atom is 0.340 e. The molecule has 0 spiro atoms. The second-order valence-corrected chi connectivity index (χ2v) is 4.72. The maximum atomic E-state index is 13.7. The van der Waals surface area contributed by atoms with Crippen molar-refractivity contribution in [2.45, 2.75) is 6.54 Å². The van der Waals surface area contributed by atoms with Crippen LogP contribution in [-0.4, -0.2) is 13.1 Å². The van der Waals surface area contributed by atoms with Crippen LogP contribution in [0.25, 0.3) is 0 Å². The fraction of sp³-hybridized carbons (Fsp3) is 0.133. The van der Waals surface area contributed by atoms with Crippen LogP contribution in [0.4, 0.5) is 14.5 Å². The van der Waals surface area contributed by atoms with Crippen molar-refractivity contribution in [3.63, 3.8) is 0 Å². The molecule has 110 valence electrons. The maximum absolute atomic E-state index is 13.7. The summed E-state index contributed by atoms with van der Waals surface area (Å²) < 4.78 is 31.7. The molecule has 0 aliphatic heterocycles. The molecule has 0 aliphatic rings. The molecule has 0 radical (unpaired) electrons. The van der Waals surface area contributed by atoms with Gasteiger partial charge in [-0.15, -0.1) is 0 Å². The molecule has 0 aromatic heterocycles. The standard InChI is InChI=1S/C15H12ClF2NO2/c1-21-15(20)11-4-2-9(6-13(11)18)8-19-14-7-10(16)3-5-12(14)17/h2-7,19H,8H2,1H3. The molecule has 0 amide bonds. The van der Waals surface area contributed by atoms with E-state index in [-0.39, 0.29) is 17.8 Å². The fourth-order valence-corrected chi connectivity index (χ4v) is 1.95. The quantitative estimate of drug-likeness (QED) is 0.867. The summed E-state index contributed by atoms with van der Waals surface area (Å²) in [4.78, 5) is 11.3. The van der Waals surface area contributed by atoms with Crippen molar-refractivity contribution in [2.75, 3.05) is 12.4 Å². The van der Waals surface area contributed by atoms with Crippen LogP contribution in [0.2, 0.25) is 5.02 Å². The molecular weight excluding hydrogens is 300 g/mol. The molecule has 0 heterocycles. The lowest BCUT2D eigenvalue weighted by molar-refractivity contribution is 0.0595. The van der Waals surface area contributed by atoms with E-state index in [2.05, 4.69) is 10.1 Å². The lowest BCUT2D eigenvalue weighted by Gasteiger charge is -2.09. The zero-order chi connectivity index (χ0) is 15.4. The molecule has 0 bridgehead atoms. The third-order valence-corrected chi connectivity index (χ3v) is 3.09. The van der Waals surface area contributed by atoms with Gasteiger partial charge >= 0.3 is 5.97 Å². The van der Waals surface area contributed by atoms with Gasteiger partial charge in [0.2, 0.25) is 0 Å². The van der Waals surface area contributed by atoms with Gasteiger partial charge in [-0.1, -0.05) is 17.7 Å². The van der Waals surface area contributed by atoms with E-state index in [1.54, 1.807) is 6.07 Å². The number of nitrogens with one attached hydrogen (secondary N) is 1. The van der Waals surface area contributed by atoms with Gasteiger partial charge < -0.3 is 10.1 Å². The van der Waals surface area contributed by atoms with E-state index in [9.17, 15) is 13.6 Å². The predicted molar refractivity (Wildman–Crippen MR) is 76.5 cm³/mol. The summed E-state index contributed by atoms with van der Waals surface area (Å²) in [6.45, 7) is 0.190. The number of anilines is 1. The number of hydrogen-bond acceptors (Lipinski definition) is 3. The number of carbonyl (C=O) groups excluding carboxylic acids is 1. The van der Waals surface area contributed by atoms with E-state index in [1.807, 2.05) is 0 Å². The van der Waals surface area contributed by atoms with E-state index in [0.717, 1.165) is 0 Å². The summed E-state index contributed by atoms with van der Waals surface area (Å²) >= 11 is 5.78. The Balaban J connectivity index is 2.12. The minimum absolute atomic E-state index is 0.143. The number of halogens is 3. The first kappa shape index (κ1) is 15.3. The van der Waals surface area contributed by atoms with Crippen molar-refractivity contribution in [1.82, 2.24) is 0 Å². The van der Waals surface area contributed by atoms with Crippen molar-refractivity contribution in [2.24, 2.45) is 0 Å². The monoisotopic (exact) mass is 311 g/mol. The van der Waals surface area contributed by atoms with Crippen LogP contribution in [-0.2, 0) is 11.3 Å². The summed E-state index contributed by atoms with van der Waals surface area (Å²) in [5.74, 6) is -1.88. The first-order valence-corrected chi connectivity index (χ1v) is 6.44. The molecule has 2 aromatic carbocycles. The van der Waals surface area contributed by atoms with Gasteiger partial charge in [0.25, 0.3) is 0 Å². The highest BCUT2D eigenvalue weighted by Crippen LogP contribution is 2.20. The first-order chi connectivity index (χ1) is 10.0. The van der Waals surface area contributed by atoms with Crippen molar-refractivity contribution >= 4 is 23.3 Å². The number of carbonyl (C=O) groups is 1. The Hall–Kier alpha value is -2.14. The second kappa shape index (κ2) is 6.54. The number of esters is 1. The van der Waals surface area contributed by atoms with Gasteiger partial charge in [-0.3, -0.25) is 0 Å². The molecule has 6 heteroatoms. The van der Waals surface area contributed by atoms with Gasteiger partial charge in [-0.05, 0) is 35.9 Å². The van der Waals surface area contributed by atoms with Crippen molar-refractivity contribution in [1.29, 1.82) is 0 Å². The minimum Gasteiger partial charge on any atom is -0.465 e. The molecule has 0 saturated heterocycles. The predicted octanol–water partition coefficient (Wildman–Crippen LogP) is 4.02. The number of methoxy groups -OCH3 is 1. The summed E-state index contributed by atoms with van der Waals surface area (Å²) in [6, 6.07) is 8.20. The lowest BCUT2D eigenvalue weighted by atomic mass is 10.1. The molecule has 2 rings (SSSR count). The van der Waals surface area contributed by atoms with E-state index in [1.165, 1.54) is 37.4 Å². The van der Waals surface area contributed by atoms with Crippen molar-refractivity contribution in [3.05, 3.63) is 64.2 Å². The molecule has 0 aliphatic carbocycles. The van der Waals surface area contributed by atoms with Gasteiger partial charge in [-0.2, -0.15) is 0 Å². The number of rotatable bonds is 4. The highest BCUT2D eigenvalue weighted by molar-refractivity contribution is 6.30. The summed E-state index contributed by atoms with van der Waals surface area (Å²) in [5.41, 5.74) is 0.634. The Bertz CT molecular complexity index is 677. The molecule has 0 fully saturated rings. The van der Waals surface area contributed by atoms with E-state index in [0.29, 0.717) is 10.6 Å². The van der Waals surface area contributed by atoms with Crippen LogP contribution < -0.4 is 5.32 Å². The molecule has 1 N–H and O–H groups in total. The van der Waals surface area contributed by atoms with Crippen LogP contribution >= 0.6 is 11.6 Å². The zero-order valence-electron chi connectivity index (χ0n) is 11.1. The number of ether oxygens (including phenoxy) is 1. The fourth-order valence-electron chi connectivity index (χ4n) is 1.77. The van der Waals surface area contributed by atoms with E-state index in [4.69, 9.17) is 11.6 Å². The summed E-state index contributed by atoms with van der Waals surface area (Å²) in [6.07, 6.45) is 0. The molecule has 21 heavy (non-hydrogen) atoms. The summed E-state index contributed by atoms with van der Waals surface area (Å²) in [5, 5.41) is 3.21. The number of benzene rings is 2. The molecule has 0 saturated carbocycles. The van der Waals surface area contributed by atoms with Crippen LogP contribution in [0.15, 0.2) is 36.4 Å². The van der Waals surface area contributed by atoms with Crippen molar-refractivity contribution in [3.8, 4) is 0 Å². The molecule has 0 atom stereocenters. The van der Waals surface area contributed by atoms with Crippen LogP contribution in [0, 0.1) is 11.6 Å². The van der Waals surface area contributed by atoms with Crippen LogP contribution in [0.5, 0.6) is 0 Å². The molecular formula is C15H12ClF2NO2. The number of hydrogen-bond donors (Lipinski definition) is 1. The summed E-state index contributed by atoms with van der Waals surface area (Å²) in [7, 11) is 1.18. The smallest absolute Gasteiger partial charge is 0.340 e. The third kappa shape index (κ3) is 3.70. The Morgan fingerprint density at radius 3 is 2.62 bits per heavy atom. The van der Waals surface area contributed by atoms with Crippen molar-refractivity contribution < 1.29 is 18.3 Å². The van der Waals surface area contributed by atoms with Gasteiger partial charge in [-0.25, -0.2) is 13.6 Å². The van der Waals surface area contributed by atoms with Gasteiger partial charge in [0, 0.05) is 11.6 Å². The zero-order valence-corrected chi connectivity index (χ0v) is 11.9. The van der Waals surface area contributed by atoms with Gasteiger partial charge in [0.1, 0.15) is 11.6 Å². The van der Waals surface area contributed by atoms with Crippen LogP contribution in [0.1, 0.15) is 15.9 Å². The Kier molecular flexibility index (Phi) is 4.75.